The predicted molar refractivity (Wildman–Crippen MR) is 122 cm³/mol. The second-order valence-corrected chi connectivity index (χ2v) is 9.30. The third-order valence-electron chi connectivity index (χ3n) is 5.66. The fraction of sp³-hybridized carbons (Fsp3) is 0.652. The fourth-order valence-electron chi connectivity index (χ4n) is 3.57. The maximum Gasteiger partial charge on any atom is 0.410 e. The van der Waals surface area contributed by atoms with Crippen LogP contribution in [0.2, 0.25) is 0 Å². The molecule has 2 saturated heterocycles. The third-order valence-corrected chi connectivity index (χ3v) is 5.66. The number of carbonyl (C=O) groups excluding carboxylic acids is 2. The van der Waals surface area contributed by atoms with Gasteiger partial charge in [0.05, 0.1) is 12.8 Å². The maximum atomic E-state index is 12.0. The monoisotopic (exact) mass is 434 g/mol. The Kier molecular flexibility index (Phi) is 8.56. The summed E-state index contributed by atoms with van der Waals surface area (Å²) in [5.74, 6) is 0.706. The number of nitrogens with zero attached hydrogens (tertiary/aromatic N) is 2. The molecule has 1 aromatic carbocycles. The first-order valence-electron chi connectivity index (χ1n) is 10.9. The van der Waals surface area contributed by atoms with Gasteiger partial charge in [-0.3, -0.25) is 4.79 Å². The lowest BCUT2D eigenvalue weighted by atomic mass is 9.80. The quantitative estimate of drug-likeness (QED) is 0.759. The Balaban J connectivity index is 0.000000285. The van der Waals surface area contributed by atoms with Crippen molar-refractivity contribution in [3.8, 4) is 5.75 Å². The molecule has 1 aromatic rings. The van der Waals surface area contributed by atoms with Crippen LogP contribution < -0.4 is 20.7 Å². The Hall–Kier alpha value is -2.48. The Bertz CT molecular complexity index is 733. The maximum absolute atomic E-state index is 12.0. The minimum Gasteiger partial charge on any atom is -0.495 e. The average molecular weight is 435 g/mol. The number of piperazine rings is 1. The summed E-state index contributed by atoms with van der Waals surface area (Å²) in [5, 5.41) is 3.19. The van der Waals surface area contributed by atoms with Crippen molar-refractivity contribution in [1.82, 2.24) is 10.2 Å². The Morgan fingerprint density at radius 3 is 2.13 bits per heavy atom. The van der Waals surface area contributed by atoms with E-state index in [2.05, 4.69) is 10.2 Å². The van der Waals surface area contributed by atoms with E-state index in [9.17, 15) is 9.59 Å². The highest BCUT2D eigenvalue weighted by atomic mass is 16.6. The molecular formula is C23H38N4O4. The SMILES string of the molecule is CC1(C(N)=O)CCNCC1.COc1ccccc1N1CCN(C(=O)OC(C)(C)C)CC1. The van der Waals surface area contributed by atoms with Gasteiger partial charge in [-0.1, -0.05) is 19.1 Å². The van der Waals surface area contributed by atoms with Gasteiger partial charge in [0.15, 0.2) is 0 Å². The number of benzene rings is 1. The molecule has 2 aliphatic rings. The summed E-state index contributed by atoms with van der Waals surface area (Å²) in [6.45, 7) is 12.3. The van der Waals surface area contributed by atoms with E-state index in [1.807, 2.05) is 52.0 Å². The molecule has 2 amide bonds. The number of hydrogen-bond donors (Lipinski definition) is 2. The largest absolute Gasteiger partial charge is 0.495 e. The van der Waals surface area contributed by atoms with E-state index in [0.29, 0.717) is 13.1 Å². The van der Waals surface area contributed by atoms with Crippen LogP contribution in [-0.2, 0) is 9.53 Å². The number of ether oxygens (including phenoxy) is 2. The molecule has 2 fully saturated rings. The van der Waals surface area contributed by atoms with E-state index in [1.54, 1.807) is 12.0 Å². The van der Waals surface area contributed by atoms with Gasteiger partial charge in [-0.15, -0.1) is 0 Å². The second-order valence-electron chi connectivity index (χ2n) is 9.30. The summed E-state index contributed by atoms with van der Waals surface area (Å²) in [4.78, 5) is 26.9. The standard InChI is InChI=1S/C16H24N2O3.C7H14N2O/c1-16(2,3)21-15(19)18-11-9-17(10-12-18)13-7-5-6-8-14(13)20-4;1-7(6(8)10)2-4-9-5-3-7/h5-8H,9-12H2,1-4H3;9H,2-5H2,1H3,(H2,8,10). The van der Waals surface area contributed by atoms with Crippen molar-refractivity contribution in [3.05, 3.63) is 24.3 Å². The van der Waals surface area contributed by atoms with E-state index in [-0.39, 0.29) is 17.4 Å². The number of piperidine rings is 1. The summed E-state index contributed by atoms with van der Waals surface area (Å²) in [6.07, 6.45) is 1.52. The third kappa shape index (κ3) is 7.31. The van der Waals surface area contributed by atoms with Crippen LogP contribution in [-0.4, -0.2) is 68.9 Å². The van der Waals surface area contributed by atoms with E-state index < -0.39 is 5.60 Å². The lowest BCUT2D eigenvalue weighted by Gasteiger charge is -2.37. The fourth-order valence-corrected chi connectivity index (χ4v) is 3.57. The molecule has 0 aromatic heterocycles. The molecule has 0 bridgehead atoms. The van der Waals surface area contributed by atoms with Crippen LogP contribution in [0.25, 0.3) is 0 Å². The molecule has 0 radical (unpaired) electrons. The highest BCUT2D eigenvalue weighted by molar-refractivity contribution is 5.80. The van der Waals surface area contributed by atoms with Crippen LogP contribution >= 0.6 is 0 Å². The lowest BCUT2D eigenvalue weighted by molar-refractivity contribution is -0.128. The molecule has 2 heterocycles. The van der Waals surface area contributed by atoms with Crippen molar-refractivity contribution in [3.63, 3.8) is 0 Å². The van der Waals surface area contributed by atoms with Crippen LogP contribution in [0, 0.1) is 5.41 Å². The van der Waals surface area contributed by atoms with Gasteiger partial charge >= 0.3 is 6.09 Å². The van der Waals surface area contributed by atoms with Gasteiger partial charge in [0.2, 0.25) is 5.91 Å². The molecule has 2 aliphatic heterocycles. The number of hydrogen-bond acceptors (Lipinski definition) is 6. The van der Waals surface area contributed by atoms with Crippen molar-refractivity contribution >= 4 is 17.7 Å². The van der Waals surface area contributed by atoms with Crippen LogP contribution in [0.5, 0.6) is 5.75 Å². The molecule has 31 heavy (non-hydrogen) atoms. The van der Waals surface area contributed by atoms with Gasteiger partial charge in [-0.25, -0.2) is 4.79 Å². The Morgan fingerprint density at radius 1 is 1.06 bits per heavy atom. The van der Waals surface area contributed by atoms with E-state index in [0.717, 1.165) is 50.5 Å². The minimum absolute atomic E-state index is 0.158. The summed E-state index contributed by atoms with van der Waals surface area (Å²) in [7, 11) is 1.68. The molecule has 8 nitrogen and oxygen atoms in total. The topological polar surface area (TPSA) is 97.1 Å². The summed E-state index contributed by atoms with van der Waals surface area (Å²) >= 11 is 0. The normalized spacial score (nSPS) is 18.5. The van der Waals surface area contributed by atoms with Gasteiger partial charge in [-0.2, -0.15) is 0 Å². The van der Waals surface area contributed by atoms with Gasteiger partial charge < -0.3 is 30.3 Å². The minimum atomic E-state index is -0.448. The molecule has 8 heteroatoms. The van der Waals surface area contributed by atoms with Crippen LogP contribution in [0.4, 0.5) is 10.5 Å². The van der Waals surface area contributed by atoms with E-state index in [1.165, 1.54) is 0 Å². The van der Waals surface area contributed by atoms with Crippen molar-refractivity contribution in [1.29, 1.82) is 0 Å². The van der Waals surface area contributed by atoms with Gasteiger partial charge in [-0.05, 0) is 58.8 Å². The van der Waals surface area contributed by atoms with Crippen molar-refractivity contribution in [2.45, 2.75) is 46.1 Å². The second kappa shape index (κ2) is 10.7. The highest BCUT2D eigenvalue weighted by Gasteiger charge is 2.32. The van der Waals surface area contributed by atoms with Crippen LogP contribution in [0.1, 0.15) is 40.5 Å². The van der Waals surface area contributed by atoms with Crippen molar-refractivity contribution in [2.24, 2.45) is 11.1 Å². The summed E-state index contributed by atoms with van der Waals surface area (Å²) in [5.41, 5.74) is 5.62. The average Bonchev–Trinajstić information content (AvgIpc) is 2.73. The zero-order chi connectivity index (χ0) is 23.1. The van der Waals surface area contributed by atoms with Gasteiger partial charge in [0.1, 0.15) is 11.4 Å². The molecule has 0 unspecified atom stereocenters. The molecule has 0 saturated carbocycles. The number of anilines is 1. The molecule has 0 atom stereocenters. The highest BCUT2D eigenvalue weighted by Crippen LogP contribution is 2.28. The van der Waals surface area contributed by atoms with Crippen LogP contribution in [0.3, 0.4) is 0 Å². The summed E-state index contributed by atoms with van der Waals surface area (Å²) < 4.78 is 10.8. The van der Waals surface area contributed by atoms with Gasteiger partial charge in [0.25, 0.3) is 0 Å². The molecule has 0 aliphatic carbocycles. The first-order valence-corrected chi connectivity index (χ1v) is 10.9. The first-order chi connectivity index (χ1) is 14.6. The number of nitrogens with one attached hydrogen (secondary N) is 1. The van der Waals surface area contributed by atoms with Gasteiger partial charge in [0, 0.05) is 31.6 Å². The first kappa shape index (κ1) is 24.8. The van der Waals surface area contributed by atoms with Crippen molar-refractivity contribution in [2.75, 3.05) is 51.3 Å². The van der Waals surface area contributed by atoms with Crippen LogP contribution in [0.15, 0.2) is 24.3 Å². The number of methoxy groups -OCH3 is 1. The summed E-state index contributed by atoms with van der Waals surface area (Å²) in [6, 6.07) is 7.95. The smallest absolute Gasteiger partial charge is 0.410 e. The molecule has 3 rings (SSSR count). The van der Waals surface area contributed by atoms with E-state index >= 15 is 0 Å². The molecular weight excluding hydrogens is 396 g/mol. The number of amides is 2. The van der Waals surface area contributed by atoms with E-state index in [4.69, 9.17) is 15.2 Å². The zero-order valence-electron chi connectivity index (χ0n) is 19.6. The number of carbonyl (C=O) groups is 2. The number of para-hydroxylation sites is 2. The molecule has 174 valence electrons. The predicted octanol–water partition coefficient (Wildman–Crippen LogP) is 2.61. The molecule has 0 spiro atoms. The number of rotatable bonds is 3. The number of nitrogens with two attached hydrogens (primary N) is 1. The van der Waals surface area contributed by atoms with Crippen molar-refractivity contribution < 1.29 is 19.1 Å². The Labute approximate surface area is 186 Å². The lowest BCUT2D eigenvalue weighted by Crippen LogP contribution is -2.50. The molecule has 3 N–H and O–H groups in total. The Morgan fingerprint density at radius 2 is 1.65 bits per heavy atom. The number of primary amides is 1. The zero-order valence-corrected chi connectivity index (χ0v) is 19.6.